The van der Waals surface area contributed by atoms with Crippen LogP contribution in [0.15, 0.2) is 0 Å². The molecule has 0 aliphatic heterocycles. The molecule has 2 aliphatic rings. The summed E-state index contributed by atoms with van der Waals surface area (Å²) >= 11 is 0. The molecule has 0 amide bonds. The third-order valence-corrected chi connectivity index (χ3v) is 3.54. The van der Waals surface area contributed by atoms with Gasteiger partial charge >= 0.3 is 5.97 Å². The minimum atomic E-state index is -0.753. The van der Waals surface area contributed by atoms with Gasteiger partial charge in [0.1, 0.15) is 5.41 Å². The van der Waals surface area contributed by atoms with E-state index < -0.39 is 5.41 Å². The standard InChI is InChI=1S/C12H18O3/c1-2-15-11(14)12(7-3-4-8-12)10(13)9-5-6-9/h9H,2-8H2,1H3. The molecule has 2 fully saturated rings. The molecule has 2 saturated carbocycles. The van der Waals surface area contributed by atoms with Gasteiger partial charge in [-0.15, -0.1) is 0 Å². The zero-order valence-electron chi connectivity index (χ0n) is 9.25. The van der Waals surface area contributed by atoms with Gasteiger partial charge in [-0.1, -0.05) is 12.8 Å². The van der Waals surface area contributed by atoms with Crippen LogP contribution >= 0.6 is 0 Å². The van der Waals surface area contributed by atoms with Crippen molar-refractivity contribution in [3.05, 3.63) is 0 Å². The second-order valence-corrected chi connectivity index (χ2v) is 4.65. The second kappa shape index (κ2) is 3.95. The fraction of sp³-hybridized carbons (Fsp3) is 0.833. The number of esters is 1. The minimum absolute atomic E-state index is 0.160. The van der Waals surface area contributed by atoms with E-state index in [9.17, 15) is 9.59 Å². The molecule has 0 aromatic heterocycles. The number of ether oxygens (including phenoxy) is 1. The fourth-order valence-corrected chi connectivity index (χ4v) is 2.54. The highest BCUT2D eigenvalue weighted by molar-refractivity contribution is 6.06. The molecule has 2 aliphatic carbocycles. The van der Waals surface area contributed by atoms with Crippen LogP contribution in [0.25, 0.3) is 0 Å². The average molecular weight is 210 g/mol. The van der Waals surface area contributed by atoms with E-state index >= 15 is 0 Å². The van der Waals surface area contributed by atoms with Crippen LogP contribution in [-0.2, 0) is 14.3 Å². The van der Waals surface area contributed by atoms with Crippen molar-refractivity contribution >= 4 is 11.8 Å². The molecule has 0 radical (unpaired) electrons. The number of carbonyl (C=O) groups excluding carboxylic acids is 2. The Balaban J connectivity index is 2.15. The van der Waals surface area contributed by atoms with Gasteiger partial charge in [0.15, 0.2) is 5.78 Å². The predicted octanol–water partition coefficient (Wildman–Crippen LogP) is 2.09. The molecule has 0 saturated heterocycles. The van der Waals surface area contributed by atoms with Crippen LogP contribution in [0, 0.1) is 11.3 Å². The lowest BCUT2D eigenvalue weighted by molar-refractivity contribution is -0.160. The van der Waals surface area contributed by atoms with Crippen molar-refractivity contribution in [3.63, 3.8) is 0 Å². The Labute approximate surface area is 90.2 Å². The summed E-state index contributed by atoms with van der Waals surface area (Å²) in [5.74, 6) is 0.0605. The van der Waals surface area contributed by atoms with Crippen molar-refractivity contribution in [2.24, 2.45) is 11.3 Å². The molecule has 0 aromatic rings. The molecule has 2 rings (SSSR count). The number of ketones is 1. The zero-order valence-corrected chi connectivity index (χ0v) is 9.25. The quantitative estimate of drug-likeness (QED) is 0.527. The summed E-state index contributed by atoms with van der Waals surface area (Å²) in [4.78, 5) is 24.0. The second-order valence-electron chi connectivity index (χ2n) is 4.65. The zero-order chi connectivity index (χ0) is 10.9. The smallest absolute Gasteiger partial charge is 0.319 e. The summed E-state index contributed by atoms with van der Waals surface area (Å²) in [6, 6.07) is 0. The molecule has 0 unspecified atom stereocenters. The summed E-state index contributed by atoms with van der Waals surface area (Å²) in [5, 5.41) is 0. The Morgan fingerprint density at radius 2 is 1.87 bits per heavy atom. The van der Waals surface area contributed by atoms with Crippen molar-refractivity contribution in [1.29, 1.82) is 0 Å². The van der Waals surface area contributed by atoms with Gasteiger partial charge in [-0.05, 0) is 32.6 Å². The molecule has 0 spiro atoms. The molecular weight excluding hydrogens is 192 g/mol. The van der Waals surface area contributed by atoms with Gasteiger partial charge in [0.2, 0.25) is 0 Å². The third kappa shape index (κ3) is 1.80. The van der Waals surface area contributed by atoms with Crippen molar-refractivity contribution in [2.75, 3.05) is 6.61 Å². The number of hydrogen-bond acceptors (Lipinski definition) is 3. The Kier molecular flexibility index (Phi) is 2.81. The van der Waals surface area contributed by atoms with Gasteiger partial charge < -0.3 is 4.74 Å². The monoisotopic (exact) mass is 210 g/mol. The van der Waals surface area contributed by atoms with Crippen LogP contribution in [0.3, 0.4) is 0 Å². The molecule has 0 bridgehead atoms. The first-order valence-electron chi connectivity index (χ1n) is 5.92. The topological polar surface area (TPSA) is 43.4 Å². The summed E-state index contributed by atoms with van der Waals surface area (Å²) in [5.41, 5.74) is -0.753. The number of hydrogen-bond donors (Lipinski definition) is 0. The lowest BCUT2D eigenvalue weighted by Gasteiger charge is -2.24. The Morgan fingerprint density at radius 3 is 2.33 bits per heavy atom. The molecule has 0 N–H and O–H groups in total. The molecule has 3 nitrogen and oxygen atoms in total. The number of carbonyl (C=O) groups is 2. The lowest BCUT2D eigenvalue weighted by Crippen LogP contribution is -2.39. The van der Waals surface area contributed by atoms with Crippen LogP contribution in [0.5, 0.6) is 0 Å². The van der Waals surface area contributed by atoms with Gasteiger partial charge in [0.25, 0.3) is 0 Å². The van der Waals surface area contributed by atoms with Gasteiger partial charge in [0.05, 0.1) is 6.61 Å². The van der Waals surface area contributed by atoms with E-state index in [2.05, 4.69) is 0 Å². The van der Waals surface area contributed by atoms with Gasteiger partial charge in [0, 0.05) is 5.92 Å². The minimum Gasteiger partial charge on any atom is -0.465 e. The number of rotatable bonds is 4. The Bertz CT molecular complexity index is 273. The van der Waals surface area contributed by atoms with E-state index in [1.165, 1.54) is 0 Å². The molecule has 0 heterocycles. The van der Waals surface area contributed by atoms with Crippen molar-refractivity contribution in [2.45, 2.75) is 45.4 Å². The van der Waals surface area contributed by atoms with E-state index in [0.717, 1.165) is 25.7 Å². The first-order chi connectivity index (χ1) is 7.20. The van der Waals surface area contributed by atoms with E-state index in [0.29, 0.717) is 19.4 Å². The third-order valence-electron chi connectivity index (χ3n) is 3.54. The molecule has 0 atom stereocenters. The van der Waals surface area contributed by atoms with Crippen LogP contribution in [0.2, 0.25) is 0 Å². The van der Waals surface area contributed by atoms with Crippen LogP contribution in [0.1, 0.15) is 45.4 Å². The normalized spacial score (nSPS) is 23.8. The van der Waals surface area contributed by atoms with E-state index in [1.54, 1.807) is 6.92 Å². The molecule has 0 aromatic carbocycles. The van der Waals surface area contributed by atoms with E-state index in [1.807, 2.05) is 0 Å². The summed E-state index contributed by atoms with van der Waals surface area (Å²) < 4.78 is 5.07. The summed E-state index contributed by atoms with van der Waals surface area (Å²) in [7, 11) is 0. The average Bonchev–Trinajstić information content (AvgIpc) is 2.95. The largest absolute Gasteiger partial charge is 0.465 e. The maximum absolute atomic E-state index is 12.1. The predicted molar refractivity (Wildman–Crippen MR) is 55.3 cm³/mol. The molecule has 3 heteroatoms. The fourth-order valence-electron chi connectivity index (χ4n) is 2.54. The van der Waals surface area contributed by atoms with Gasteiger partial charge in [-0.25, -0.2) is 0 Å². The highest BCUT2D eigenvalue weighted by atomic mass is 16.5. The van der Waals surface area contributed by atoms with Crippen molar-refractivity contribution < 1.29 is 14.3 Å². The Morgan fingerprint density at radius 1 is 1.27 bits per heavy atom. The highest BCUT2D eigenvalue weighted by Crippen LogP contribution is 2.46. The SMILES string of the molecule is CCOC(=O)C1(C(=O)C2CC2)CCCC1. The molecular formula is C12H18O3. The van der Waals surface area contributed by atoms with Gasteiger partial charge in [-0.3, -0.25) is 9.59 Å². The van der Waals surface area contributed by atoms with E-state index in [-0.39, 0.29) is 17.7 Å². The van der Waals surface area contributed by atoms with E-state index in [4.69, 9.17) is 4.74 Å². The Hall–Kier alpha value is -0.860. The maximum atomic E-state index is 12.1. The molecule has 15 heavy (non-hydrogen) atoms. The molecule has 84 valence electrons. The van der Waals surface area contributed by atoms with Crippen LogP contribution in [-0.4, -0.2) is 18.4 Å². The first kappa shape index (κ1) is 10.7. The van der Waals surface area contributed by atoms with Crippen LogP contribution < -0.4 is 0 Å². The van der Waals surface area contributed by atoms with Crippen molar-refractivity contribution in [3.8, 4) is 0 Å². The number of Topliss-reactive ketones (excluding diaryl/α,β-unsaturated/α-hetero) is 1. The van der Waals surface area contributed by atoms with Gasteiger partial charge in [-0.2, -0.15) is 0 Å². The first-order valence-corrected chi connectivity index (χ1v) is 5.92. The summed E-state index contributed by atoms with van der Waals surface area (Å²) in [6.07, 6.45) is 5.33. The van der Waals surface area contributed by atoms with Crippen molar-refractivity contribution in [1.82, 2.24) is 0 Å². The maximum Gasteiger partial charge on any atom is 0.319 e. The lowest BCUT2D eigenvalue weighted by atomic mass is 9.79. The van der Waals surface area contributed by atoms with Crippen LogP contribution in [0.4, 0.5) is 0 Å². The highest BCUT2D eigenvalue weighted by Gasteiger charge is 2.53. The summed E-state index contributed by atoms with van der Waals surface area (Å²) in [6.45, 7) is 2.17.